The Bertz CT molecular complexity index is 1010. The molecule has 1 atom stereocenters. The lowest BCUT2D eigenvalue weighted by molar-refractivity contribution is -0.384. The summed E-state index contributed by atoms with van der Waals surface area (Å²) in [6, 6.07) is 15.3. The first-order valence-electron chi connectivity index (χ1n) is 8.00. The predicted octanol–water partition coefficient (Wildman–Crippen LogP) is 4.61. The number of non-ortho nitro benzene ring substituents is 1. The molecule has 6 heteroatoms. The molecule has 0 heterocycles. The van der Waals surface area contributed by atoms with E-state index in [4.69, 9.17) is 4.74 Å². The van der Waals surface area contributed by atoms with E-state index in [1.54, 1.807) is 38.3 Å². The van der Waals surface area contributed by atoms with Gasteiger partial charge >= 0.3 is 5.97 Å². The number of aliphatic carboxylic acids is 1. The lowest BCUT2D eigenvalue weighted by Gasteiger charge is -2.17. The third-order valence-electron chi connectivity index (χ3n) is 4.44. The fraction of sp³-hybridized carbons (Fsp3) is 0.150. The topological polar surface area (TPSA) is 89.7 Å². The van der Waals surface area contributed by atoms with E-state index in [0.717, 1.165) is 10.8 Å². The first-order chi connectivity index (χ1) is 12.4. The zero-order valence-corrected chi connectivity index (χ0v) is 14.3. The van der Waals surface area contributed by atoms with Gasteiger partial charge in [0.1, 0.15) is 5.75 Å². The minimum atomic E-state index is -0.954. The molecule has 0 bridgehead atoms. The Morgan fingerprint density at radius 3 is 2.58 bits per heavy atom. The average molecular weight is 351 g/mol. The highest BCUT2D eigenvalue weighted by molar-refractivity contribution is 6.00. The van der Waals surface area contributed by atoms with Crippen LogP contribution in [0, 0.1) is 10.1 Å². The van der Waals surface area contributed by atoms with Crippen LogP contribution >= 0.6 is 0 Å². The van der Waals surface area contributed by atoms with Crippen molar-refractivity contribution in [2.45, 2.75) is 12.8 Å². The summed E-state index contributed by atoms with van der Waals surface area (Å²) < 4.78 is 5.25. The molecule has 1 N–H and O–H groups in total. The van der Waals surface area contributed by atoms with Crippen molar-refractivity contribution < 1.29 is 19.6 Å². The van der Waals surface area contributed by atoms with Gasteiger partial charge in [-0.3, -0.25) is 14.9 Å². The molecule has 3 aromatic rings. The van der Waals surface area contributed by atoms with E-state index in [0.29, 0.717) is 22.4 Å². The third-order valence-corrected chi connectivity index (χ3v) is 4.44. The summed E-state index contributed by atoms with van der Waals surface area (Å²) in [6.45, 7) is 1.61. The van der Waals surface area contributed by atoms with Gasteiger partial charge in [0.25, 0.3) is 5.69 Å². The molecule has 0 aliphatic carbocycles. The van der Waals surface area contributed by atoms with E-state index in [-0.39, 0.29) is 5.69 Å². The highest BCUT2D eigenvalue weighted by Crippen LogP contribution is 2.38. The molecular formula is C20H17NO5. The van der Waals surface area contributed by atoms with Gasteiger partial charge in [0.15, 0.2) is 0 Å². The summed E-state index contributed by atoms with van der Waals surface area (Å²) in [5.74, 6) is -1.03. The number of fused-ring (bicyclic) bond motifs is 1. The second-order valence-electron chi connectivity index (χ2n) is 5.98. The van der Waals surface area contributed by atoms with Crippen LogP contribution < -0.4 is 4.74 Å². The van der Waals surface area contributed by atoms with E-state index in [2.05, 4.69) is 0 Å². The number of nitrogens with zero attached hydrogens (tertiary/aromatic N) is 1. The van der Waals surface area contributed by atoms with Gasteiger partial charge in [0.05, 0.1) is 18.0 Å². The number of nitro groups is 1. The zero-order valence-electron chi connectivity index (χ0n) is 14.3. The summed E-state index contributed by atoms with van der Waals surface area (Å²) in [6.07, 6.45) is 0. The number of hydrogen-bond donors (Lipinski definition) is 1. The summed E-state index contributed by atoms with van der Waals surface area (Å²) in [7, 11) is 1.57. The second kappa shape index (κ2) is 6.84. The predicted molar refractivity (Wildman–Crippen MR) is 98.6 cm³/mol. The van der Waals surface area contributed by atoms with E-state index in [1.807, 2.05) is 18.2 Å². The van der Waals surface area contributed by atoms with Crippen LogP contribution in [0.4, 0.5) is 5.69 Å². The van der Waals surface area contributed by atoms with Gasteiger partial charge in [-0.15, -0.1) is 0 Å². The van der Waals surface area contributed by atoms with Crippen molar-refractivity contribution in [2.75, 3.05) is 7.11 Å². The van der Waals surface area contributed by atoms with Crippen molar-refractivity contribution in [3.8, 4) is 16.9 Å². The van der Waals surface area contributed by atoms with E-state index < -0.39 is 16.8 Å². The van der Waals surface area contributed by atoms with Gasteiger partial charge in [0.2, 0.25) is 0 Å². The highest BCUT2D eigenvalue weighted by Gasteiger charge is 2.21. The summed E-state index contributed by atoms with van der Waals surface area (Å²) in [4.78, 5) is 22.3. The maximum absolute atomic E-state index is 11.6. The van der Waals surface area contributed by atoms with Crippen LogP contribution in [0.2, 0.25) is 0 Å². The number of carboxylic acid groups (broad SMARTS) is 1. The molecule has 0 aromatic heterocycles. The fourth-order valence-electron chi connectivity index (χ4n) is 3.04. The van der Waals surface area contributed by atoms with Gasteiger partial charge in [-0.05, 0) is 46.5 Å². The van der Waals surface area contributed by atoms with Crippen molar-refractivity contribution in [2.24, 2.45) is 0 Å². The Labute approximate surface area is 149 Å². The Hall–Kier alpha value is -3.41. The molecule has 6 nitrogen and oxygen atoms in total. The number of hydrogen-bond acceptors (Lipinski definition) is 4. The van der Waals surface area contributed by atoms with Crippen LogP contribution in [-0.4, -0.2) is 23.1 Å². The molecular weight excluding hydrogens is 334 g/mol. The number of methoxy groups -OCH3 is 1. The first kappa shape index (κ1) is 17.4. The van der Waals surface area contributed by atoms with Crippen LogP contribution in [0.3, 0.4) is 0 Å². The minimum absolute atomic E-state index is 0.0399. The molecule has 0 fully saturated rings. The molecule has 3 rings (SSSR count). The van der Waals surface area contributed by atoms with Crippen LogP contribution in [0.1, 0.15) is 18.4 Å². The molecule has 0 aliphatic heterocycles. The first-order valence-corrected chi connectivity index (χ1v) is 8.00. The molecule has 0 spiro atoms. The van der Waals surface area contributed by atoms with Crippen molar-refractivity contribution in [3.05, 3.63) is 70.3 Å². The van der Waals surface area contributed by atoms with Gasteiger partial charge in [-0.1, -0.05) is 30.3 Å². The molecule has 1 unspecified atom stereocenters. The fourth-order valence-corrected chi connectivity index (χ4v) is 3.04. The lowest BCUT2D eigenvalue weighted by atomic mass is 9.87. The van der Waals surface area contributed by atoms with Crippen LogP contribution in [0.5, 0.6) is 5.75 Å². The number of rotatable bonds is 5. The number of carboxylic acids is 1. The smallest absolute Gasteiger partial charge is 0.310 e. The molecule has 0 saturated carbocycles. The molecule has 0 saturated heterocycles. The second-order valence-corrected chi connectivity index (χ2v) is 5.98. The van der Waals surface area contributed by atoms with Gasteiger partial charge in [-0.25, -0.2) is 0 Å². The van der Waals surface area contributed by atoms with E-state index in [1.165, 1.54) is 12.1 Å². The van der Waals surface area contributed by atoms with E-state index >= 15 is 0 Å². The Kier molecular flexibility index (Phi) is 4.58. The summed E-state index contributed by atoms with van der Waals surface area (Å²) >= 11 is 0. The number of ether oxygens (including phenoxy) is 1. The van der Waals surface area contributed by atoms with Gasteiger partial charge in [0, 0.05) is 12.1 Å². The molecule has 0 aliphatic rings. The SMILES string of the molecule is COc1ccc2c(-c3cccc([N+](=O)[O-])c3)c(C(C)C(=O)O)ccc2c1. The summed E-state index contributed by atoms with van der Waals surface area (Å²) in [5.41, 5.74) is 1.86. The Balaban J connectivity index is 2.35. The maximum atomic E-state index is 11.6. The van der Waals surface area contributed by atoms with Crippen LogP contribution in [0.25, 0.3) is 21.9 Å². The third kappa shape index (κ3) is 3.09. The number of benzene rings is 3. The quantitative estimate of drug-likeness (QED) is 0.535. The van der Waals surface area contributed by atoms with Crippen molar-refractivity contribution in [1.29, 1.82) is 0 Å². The standard InChI is InChI=1S/C20H17NO5/c1-12(20(22)23)17-8-6-13-11-16(26-2)7-9-18(13)19(17)14-4-3-5-15(10-14)21(24)25/h3-12H,1-2H3,(H,22,23). The molecule has 0 amide bonds. The molecule has 132 valence electrons. The summed E-state index contributed by atoms with van der Waals surface area (Å²) in [5, 5.41) is 22.3. The Morgan fingerprint density at radius 1 is 1.15 bits per heavy atom. The minimum Gasteiger partial charge on any atom is -0.497 e. The number of nitro benzene ring substituents is 1. The van der Waals surface area contributed by atoms with Crippen LogP contribution in [0.15, 0.2) is 54.6 Å². The highest BCUT2D eigenvalue weighted by atomic mass is 16.6. The monoisotopic (exact) mass is 351 g/mol. The van der Waals surface area contributed by atoms with Gasteiger partial charge < -0.3 is 9.84 Å². The zero-order chi connectivity index (χ0) is 18.8. The largest absolute Gasteiger partial charge is 0.497 e. The average Bonchev–Trinajstić information content (AvgIpc) is 2.65. The number of carbonyl (C=O) groups is 1. The van der Waals surface area contributed by atoms with Crippen LogP contribution in [-0.2, 0) is 4.79 Å². The Morgan fingerprint density at radius 2 is 1.92 bits per heavy atom. The van der Waals surface area contributed by atoms with Gasteiger partial charge in [-0.2, -0.15) is 0 Å². The van der Waals surface area contributed by atoms with E-state index in [9.17, 15) is 20.0 Å². The maximum Gasteiger partial charge on any atom is 0.310 e. The lowest BCUT2D eigenvalue weighted by Crippen LogP contribution is -2.09. The van der Waals surface area contributed by atoms with Crippen molar-refractivity contribution >= 4 is 22.4 Å². The van der Waals surface area contributed by atoms with Crippen molar-refractivity contribution in [1.82, 2.24) is 0 Å². The molecule has 26 heavy (non-hydrogen) atoms. The molecule has 0 radical (unpaired) electrons. The van der Waals surface area contributed by atoms with Crippen molar-refractivity contribution in [3.63, 3.8) is 0 Å². The normalized spacial score (nSPS) is 11.9. The molecule has 3 aromatic carbocycles.